The third-order valence-electron chi connectivity index (χ3n) is 3.96. The van der Waals surface area contributed by atoms with Gasteiger partial charge in [-0.3, -0.25) is 0 Å². The maximum Gasteiger partial charge on any atom is 0.241 e. The predicted molar refractivity (Wildman–Crippen MR) is 95.4 cm³/mol. The molecule has 6 heteroatoms. The molecule has 0 aromatic heterocycles. The Balaban J connectivity index is 1.62. The van der Waals surface area contributed by atoms with Crippen LogP contribution in [0.1, 0.15) is 12.8 Å². The van der Waals surface area contributed by atoms with E-state index < -0.39 is 10.0 Å². The van der Waals surface area contributed by atoms with Crippen LogP contribution < -0.4 is 4.72 Å². The molecule has 1 heterocycles. The van der Waals surface area contributed by atoms with Gasteiger partial charge in [0.15, 0.2) is 0 Å². The van der Waals surface area contributed by atoms with Crippen LogP contribution >= 0.6 is 11.8 Å². The molecule has 1 aliphatic rings. The normalized spacial score (nSPS) is 16.7. The van der Waals surface area contributed by atoms with Crippen molar-refractivity contribution in [3.8, 4) is 0 Å². The first-order valence-corrected chi connectivity index (χ1v) is 10.4. The van der Waals surface area contributed by atoms with Crippen LogP contribution in [0.2, 0.25) is 0 Å². The number of hydrogen-bond acceptors (Lipinski definition) is 4. The molecule has 0 unspecified atom stereocenters. The number of rotatable bonds is 6. The summed E-state index contributed by atoms with van der Waals surface area (Å²) in [4.78, 5) is 0.353. The first kappa shape index (κ1) is 16.8. The summed E-state index contributed by atoms with van der Waals surface area (Å²) in [6.07, 6.45) is 2.11. The van der Waals surface area contributed by atoms with Crippen LogP contribution in [0.15, 0.2) is 47.4 Å². The van der Waals surface area contributed by atoms with E-state index in [9.17, 15) is 8.42 Å². The lowest BCUT2D eigenvalue weighted by molar-refractivity contribution is 0.100. The van der Waals surface area contributed by atoms with Gasteiger partial charge in [0.1, 0.15) is 0 Å². The molecule has 1 saturated heterocycles. The largest absolute Gasteiger partial charge is 0.381 e. The molecule has 23 heavy (non-hydrogen) atoms. The van der Waals surface area contributed by atoms with E-state index in [0.29, 0.717) is 16.7 Å². The molecule has 0 bridgehead atoms. The fourth-order valence-electron chi connectivity index (χ4n) is 2.75. The maximum absolute atomic E-state index is 12.6. The van der Waals surface area contributed by atoms with Crippen LogP contribution in [-0.4, -0.2) is 39.2 Å². The van der Waals surface area contributed by atoms with E-state index in [1.165, 1.54) is 0 Å². The molecule has 4 nitrogen and oxygen atoms in total. The third-order valence-corrected chi connectivity index (χ3v) is 6.86. The monoisotopic (exact) mass is 351 g/mol. The van der Waals surface area contributed by atoms with Gasteiger partial charge in [-0.15, -0.1) is 0 Å². The zero-order chi connectivity index (χ0) is 16.1. The van der Waals surface area contributed by atoms with Crippen molar-refractivity contribution in [1.29, 1.82) is 0 Å². The molecule has 0 radical (unpaired) electrons. The van der Waals surface area contributed by atoms with E-state index in [-0.39, 0.29) is 0 Å². The van der Waals surface area contributed by atoms with E-state index in [1.807, 2.05) is 42.1 Å². The summed E-state index contributed by atoms with van der Waals surface area (Å²) in [5, 5.41) is 2.29. The van der Waals surface area contributed by atoms with Gasteiger partial charge < -0.3 is 4.74 Å². The van der Waals surface area contributed by atoms with Crippen molar-refractivity contribution in [2.24, 2.45) is 0 Å². The lowest BCUT2D eigenvalue weighted by Crippen LogP contribution is -2.27. The number of ether oxygens (including phenoxy) is 1. The molecule has 1 fully saturated rings. The zero-order valence-corrected chi connectivity index (χ0v) is 14.5. The average Bonchev–Trinajstić information content (AvgIpc) is 2.59. The Kier molecular flexibility index (Phi) is 5.58. The highest BCUT2D eigenvalue weighted by Crippen LogP contribution is 2.23. The van der Waals surface area contributed by atoms with Crippen molar-refractivity contribution >= 4 is 32.6 Å². The van der Waals surface area contributed by atoms with Crippen molar-refractivity contribution in [3.63, 3.8) is 0 Å². The first-order valence-electron chi connectivity index (χ1n) is 7.83. The summed E-state index contributed by atoms with van der Waals surface area (Å²) in [6, 6.07) is 12.9. The topological polar surface area (TPSA) is 55.4 Å². The second kappa shape index (κ2) is 7.66. The lowest BCUT2D eigenvalue weighted by atomic mass is 10.1. The molecule has 124 valence electrons. The van der Waals surface area contributed by atoms with Gasteiger partial charge in [0.25, 0.3) is 0 Å². The minimum Gasteiger partial charge on any atom is -0.381 e. The SMILES string of the molecule is O=S(=O)(NCCSC1CCOCC1)c1cccc2ccccc12. The number of benzene rings is 2. The summed E-state index contributed by atoms with van der Waals surface area (Å²) in [7, 11) is -3.48. The number of nitrogens with one attached hydrogen (secondary N) is 1. The van der Waals surface area contributed by atoms with Gasteiger partial charge in [0.2, 0.25) is 10.0 Å². The molecule has 0 amide bonds. The molecule has 1 N–H and O–H groups in total. The first-order chi connectivity index (χ1) is 11.2. The molecule has 0 spiro atoms. The Labute approximate surface area is 141 Å². The van der Waals surface area contributed by atoms with E-state index in [1.54, 1.807) is 12.1 Å². The summed E-state index contributed by atoms with van der Waals surface area (Å²) in [5.41, 5.74) is 0. The second-order valence-corrected chi connectivity index (χ2v) is 8.70. The molecular formula is C17H21NO3S2. The summed E-state index contributed by atoms with van der Waals surface area (Å²) in [6.45, 7) is 2.09. The van der Waals surface area contributed by atoms with E-state index in [0.717, 1.165) is 42.6 Å². The Morgan fingerprint density at radius 3 is 2.65 bits per heavy atom. The van der Waals surface area contributed by atoms with Crippen molar-refractivity contribution in [2.45, 2.75) is 23.0 Å². The average molecular weight is 351 g/mol. The van der Waals surface area contributed by atoms with Crippen LogP contribution in [0.3, 0.4) is 0 Å². The van der Waals surface area contributed by atoms with Crippen molar-refractivity contribution in [2.75, 3.05) is 25.5 Å². The fraction of sp³-hybridized carbons (Fsp3) is 0.412. The Morgan fingerprint density at radius 1 is 1.09 bits per heavy atom. The molecule has 2 aromatic rings. The van der Waals surface area contributed by atoms with Crippen LogP contribution in [0.5, 0.6) is 0 Å². The van der Waals surface area contributed by atoms with E-state index >= 15 is 0 Å². The number of hydrogen-bond donors (Lipinski definition) is 1. The minimum atomic E-state index is -3.48. The fourth-order valence-corrected chi connectivity index (χ4v) is 5.22. The summed E-state index contributed by atoms with van der Waals surface area (Å²) in [5.74, 6) is 0.786. The van der Waals surface area contributed by atoms with E-state index in [4.69, 9.17) is 4.74 Å². The zero-order valence-electron chi connectivity index (χ0n) is 12.9. The molecule has 0 saturated carbocycles. The van der Waals surface area contributed by atoms with Gasteiger partial charge >= 0.3 is 0 Å². The quantitative estimate of drug-likeness (QED) is 0.813. The highest BCUT2D eigenvalue weighted by atomic mass is 32.2. The standard InChI is InChI=1S/C17H21NO3S2/c19-23(20,18-10-13-22-15-8-11-21-12-9-15)17-7-3-5-14-4-1-2-6-16(14)17/h1-7,15,18H,8-13H2. The molecule has 2 aromatic carbocycles. The highest BCUT2D eigenvalue weighted by molar-refractivity contribution is 8.00. The highest BCUT2D eigenvalue weighted by Gasteiger charge is 2.17. The van der Waals surface area contributed by atoms with Gasteiger partial charge in [-0.25, -0.2) is 13.1 Å². The van der Waals surface area contributed by atoms with Gasteiger partial charge in [0.05, 0.1) is 4.90 Å². The van der Waals surface area contributed by atoms with Crippen LogP contribution in [0.4, 0.5) is 0 Å². The maximum atomic E-state index is 12.6. The van der Waals surface area contributed by atoms with Crippen LogP contribution in [-0.2, 0) is 14.8 Å². The number of thioether (sulfide) groups is 1. The third kappa shape index (κ3) is 4.26. The summed E-state index contributed by atoms with van der Waals surface area (Å²) < 4.78 is 33.2. The Bertz CT molecular complexity index is 750. The molecule has 0 atom stereocenters. The predicted octanol–water partition coefficient (Wildman–Crippen LogP) is 3.03. The second-order valence-electron chi connectivity index (χ2n) is 5.56. The molecule has 1 aliphatic heterocycles. The van der Waals surface area contributed by atoms with Gasteiger partial charge in [-0.1, -0.05) is 36.4 Å². The molecule has 0 aliphatic carbocycles. The Hall–Kier alpha value is -1.08. The van der Waals surface area contributed by atoms with Crippen LogP contribution in [0.25, 0.3) is 10.8 Å². The smallest absolute Gasteiger partial charge is 0.241 e. The van der Waals surface area contributed by atoms with Crippen LogP contribution in [0, 0.1) is 0 Å². The van der Waals surface area contributed by atoms with Gasteiger partial charge in [-0.05, 0) is 24.3 Å². The summed E-state index contributed by atoms with van der Waals surface area (Å²) >= 11 is 1.83. The van der Waals surface area contributed by atoms with Crippen molar-refractivity contribution in [1.82, 2.24) is 4.72 Å². The number of sulfonamides is 1. The minimum absolute atomic E-state index is 0.353. The molecule has 3 rings (SSSR count). The van der Waals surface area contributed by atoms with Crippen molar-refractivity contribution in [3.05, 3.63) is 42.5 Å². The van der Waals surface area contributed by atoms with Gasteiger partial charge in [0, 0.05) is 36.1 Å². The van der Waals surface area contributed by atoms with Gasteiger partial charge in [-0.2, -0.15) is 11.8 Å². The van der Waals surface area contributed by atoms with E-state index in [2.05, 4.69) is 4.72 Å². The lowest BCUT2D eigenvalue weighted by Gasteiger charge is -2.21. The van der Waals surface area contributed by atoms with Crippen molar-refractivity contribution < 1.29 is 13.2 Å². The Morgan fingerprint density at radius 2 is 1.83 bits per heavy atom. The molecular weight excluding hydrogens is 330 g/mol. The number of fused-ring (bicyclic) bond motifs is 1.